The number of alkyl halides is 3. The van der Waals surface area contributed by atoms with Crippen LogP contribution in [0.1, 0.15) is 231 Å². The lowest BCUT2D eigenvalue weighted by atomic mass is 9.73. The largest absolute Gasteiger partial charge is 0.490 e. The first-order chi connectivity index (χ1) is 37.3. The quantitative estimate of drug-likeness (QED) is 0.0426. The Morgan fingerprint density at radius 2 is 1.03 bits per heavy atom. The maximum absolute atomic E-state index is 15.4. The zero-order chi connectivity index (χ0) is 55.0. The number of allylic oxidation sites excluding steroid dienone is 10. The Bertz CT molecular complexity index is 2180. The summed E-state index contributed by atoms with van der Waals surface area (Å²) in [7, 11) is 0. The third-order valence-electron chi connectivity index (χ3n) is 18.5. The third kappa shape index (κ3) is 20.7. The lowest BCUT2D eigenvalue weighted by Gasteiger charge is -2.33. The Morgan fingerprint density at radius 1 is 0.558 bits per heavy atom. The molecule has 0 radical (unpaired) electrons. The molecule has 4 unspecified atom stereocenters. The van der Waals surface area contributed by atoms with Gasteiger partial charge < -0.3 is 9.47 Å². The van der Waals surface area contributed by atoms with Gasteiger partial charge in [0, 0.05) is 17.2 Å². The van der Waals surface area contributed by atoms with Crippen molar-refractivity contribution in [3.05, 3.63) is 107 Å². The van der Waals surface area contributed by atoms with Gasteiger partial charge in [0.25, 0.3) is 0 Å². The van der Waals surface area contributed by atoms with Gasteiger partial charge in [0.2, 0.25) is 11.6 Å². The molecule has 4 atom stereocenters. The van der Waals surface area contributed by atoms with Gasteiger partial charge >= 0.3 is 6.18 Å². The van der Waals surface area contributed by atoms with Crippen LogP contribution >= 0.6 is 0 Å². The molecule has 0 bridgehead atoms. The van der Waals surface area contributed by atoms with Crippen molar-refractivity contribution in [2.75, 3.05) is 13.2 Å². The fourth-order valence-electron chi connectivity index (χ4n) is 13.5. The van der Waals surface area contributed by atoms with E-state index in [0.29, 0.717) is 82.1 Å². The molecule has 2 fully saturated rings. The summed E-state index contributed by atoms with van der Waals surface area (Å²) < 4.78 is 112. The number of ether oxygens (including phenoxy) is 2. The van der Waals surface area contributed by atoms with Gasteiger partial charge in [0.1, 0.15) is 0 Å². The minimum Gasteiger partial charge on any atom is -0.490 e. The van der Waals surface area contributed by atoms with Gasteiger partial charge in [-0.05, 0) is 204 Å². The van der Waals surface area contributed by atoms with Crippen molar-refractivity contribution in [3.63, 3.8) is 0 Å². The topological polar surface area (TPSA) is 18.5 Å². The molecule has 0 aromatic heterocycles. The number of benzene rings is 2. The maximum atomic E-state index is 15.4. The molecular weight excluding hydrogens is 982 g/mol. The Kier molecular flexibility index (Phi) is 26.9. The van der Waals surface area contributed by atoms with Crippen molar-refractivity contribution in [2.45, 2.75) is 226 Å². The molecule has 0 spiro atoms. The number of hydrogen-bond acceptors (Lipinski definition) is 2. The van der Waals surface area contributed by atoms with Crippen LogP contribution in [0.5, 0.6) is 11.5 Å². The van der Waals surface area contributed by atoms with Gasteiger partial charge in [-0.25, -0.2) is 8.78 Å². The van der Waals surface area contributed by atoms with E-state index in [-0.39, 0.29) is 41.8 Å². The minimum absolute atomic E-state index is 0.133. The average molecular weight is 1080 g/mol. The normalized spacial score (nSPS) is 23.5. The molecule has 4 aliphatic carbocycles. The summed E-state index contributed by atoms with van der Waals surface area (Å²) in [5.41, 5.74) is 2.23. The van der Waals surface area contributed by atoms with Crippen molar-refractivity contribution in [3.8, 4) is 11.5 Å². The molecule has 0 amide bonds. The summed E-state index contributed by atoms with van der Waals surface area (Å²) in [6, 6.07) is 6.20. The molecule has 0 N–H and O–H groups in total. The highest BCUT2D eigenvalue weighted by atomic mass is 19.4. The van der Waals surface area contributed by atoms with E-state index in [1.165, 1.54) is 108 Å². The molecule has 2 saturated carbocycles. The van der Waals surface area contributed by atoms with Crippen molar-refractivity contribution >= 4 is 11.1 Å². The van der Waals surface area contributed by atoms with Crippen molar-refractivity contribution < 1.29 is 40.2 Å². The summed E-state index contributed by atoms with van der Waals surface area (Å²) >= 11 is 0. The molecule has 4 aliphatic rings. The highest BCUT2D eigenvalue weighted by molar-refractivity contribution is 5.68. The van der Waals surface area contributed by atoms with E-state index in [1.54, 1.807) is 12.1 Å². The fraction of sp³-hybridized carbons (Fsp3) is 0.676. The van der Waals surface area contributed by atoms with Gasteiger partial charge in [-0.15, -0.1) is 0 Å². The molecular formula is C68H97F7O2. The molecule has 6 rings (SSSR count). The van der Waals surface area contributed by atoms with E-state index in [1.807, 2.05) is 0 Å². The monoisotopic (exact) mass is 1080 g/mol. The summed E-state index contributed by atoms with van der Waals surface area (Å²) in [6.45, 7) is 9.71. The third-order valence-corrected chi connectivity index (χ3v) is 18.5. The SMILES string of the molecule is CCCC(C)C1CCC(CC/C=C/C2CC=C(c3ccc(OCCCCCC(/C=C/C(F)(F)F)CCCCCOc4ccc(C5=CCC(/C=C/CCC6CCC(C(CC)CC)CC6)CC5)c(F)c4F)c(F)c3F)CC2)CC1. The fourth-order valence-corrected chi connectivity index (χ4v) is 13.5. The van der Waals surface area contributed by atoms with Crippen LogP contribution in [0, 0.1) is 76.5 Å². The second-order valence-corrected chi connectivity index (χ2v) is 24.0. The van der Waals surface area contributed by atoms with Gasteiger partial charge in [0.15, 0.2) is 23.1 Å². The number of unbranched alkanes of at least 4 members (excludes halogenated alkanes) is 4. The second-order valence-electron chi connectivity index (χ2n) is 24.0. The van der Waals surface area contributed by atoms with E-state index in [9.17, 15) is 13.2 Å². The van der Waals surface area contributed by atoms with Crippen LogP contribution in [-0.2, 0) is 0 Å². The van der Waals surface area contributed by atoms with E-state index < -0.39 is 29.4 Å². The van der Waals surface area contributed by atoms with E-state index in [0.717, 1.165) is 85.2 Å². The molecule has 0 aliphatic heterocycles. The van der Waals surface area contributed by atoms with Crippen LogP contribution in [0.2, 0.25) is 0 Å². The Labute approximate surface area is 461 Å². The lowest BCUT2D eigenvalue weighted by Crippen LogP contribution is -2.21. The van der Waals surface area contributed by atoms with Crippen LogP contribution < -0.4 is 9.47 Å². The molecule has 0 heterocycles. The zero-order valence-corrected chi connectivity index (χ0v) is 47.7. The second kappa shape index (κ2) is 33.1. The molecule has 77 heavy (non-hydrogen) atoms. The molecule has 9 heteroatoms. The van der Waals surface area contributed by atoms with Crippen LogP contribution in [0.15, 0.2) is 72.9 Å². The number of halogens is 7. The molecule has 2 nitrogen and oxygen atoms in total. The summed E-state index contributed by atoms with van der Waals surface area (Å²) in [4.78, 5) is 0. The van der Waals surface area contributed by atoms with E-state index >= 15 is 17.6 Å². The van der Waals surface area contributed by atoms with Gasteiger partial charge in [-0.1, -0.05) is 147 Å². The summed E-state index contributed by atoms with van der Waals surface area (Å²) in [5.74, 6) is 1.73. The summed E-state index contributed by atoms with van der Waals surface area (Å²) in [6.07, 6.45) is 41.0. The molecule has 430 valence electrons. The highest BCUT2D eigenvalue weighted by Crippen LogP contribution is 2.41. The number of hydrogen-bond donors (Lipinski definition) is 0. The molecule has 0 saturated heterocycles. The van der Waals surface area contributed by atoms with E-state index in [2.05, 4.69) is 64.2 Å². The molecule has 2 aromatic rings. The van der Waals surface area contributed by atoms with Crippen molar-refractivity contribution in [1.29, 1.82) is 0 Å². The first kappa shape index (κ1) is 62.4. The van der Waals surface area contributed by atoms with E-state index in [4.69, 9.17) is 9.47 Å². The van der Waals surface area contributed by atoms with Crippen LogP contribution in [0.4, 0.5) is 30.7 Å². The Hall–Kier alpha value is -3.75. The van der Waals surface area contributed by atoms with Crippen LogP contribution in [0.25, 0.3) is 11.1 Å². The predicted molar refractivity (Wildman–Crippen MR) is 306 cm³/mol. The molecule has 2 aromatic carbocycles. The Morgan fingerprint density at radius 3 is 1.44 bits per heavy atom. The number of rotatable bonds is 31. The predicted octanol–water partition coefficient (Wildman–Crippen LogP) is 22.1. The summed E-state index contributed by atoms with van der Waals surface area (Å²) in [5, 5.41) is 0. The standard InChI is InChI=1S/C68H97F7O2/c1-5-18-49(4)56-33-25-51(26-34-56)21-12-14-23-53-29-37-58(38-30-53)60-41-43-62(66(71)64(60)69)76-47-16-8-10-19-50(45-46-68(73,74)75)20-11-9-17-48-77-63-44-42-61(65(70)67(63)72)59-39-31-54(32-40-59)24-15-13-22-52-27-35-57(36-28-52)55(6-2)7-3/h14-15,23-24,37,39,41-46,49-57H,5-13,16-22,25-36,38,40,47-48H2,1-4H3/b23-14+,24-15+,46-45+. The average Bonchev–Trinajstić information content (AvgIpc) is 3.43. The first-order valence-corrected chi connectivity index (χ1v) is 31.0. The van der Waals surface area contributed by atoms with Gasteiger partial charge in [0.05, 0.1) is 13.2 Å². The van der Waals surface area contributed by atoms with Crippen LogP contribution in [0.3, 0.4) is 0 Å². The van der Waals surface area contributed by atoms with Gasteiger partial charge in [-0.2, -0.15) is 22.0 Å². The van der Waals surface area contributed by atoms with Crippen molar-refractivity contribution in [1.82, 2.24) is 0 Å². The minimum atomic E-state index is -4.42. The van der Waals surface area contributed by atoms with Crippen molar-refractivity contribution in [2.24, 2.45) is 53.3 Å². The van der Waals surface area contributed by atoms with Crippen LogP contribution in [-0.4, -0.2) is 19.4 Å². The van der Waals surface area contributed by atoms with Gasteiger partial charge in [-0.3, -0.25) is 0 Å². The zero-order valence-electron chi connectivity index (χ0n) is 47.7. The smallest absolute Gasteiger partial charge is 0.409 e. The Balaban J connectivity index is 0.834. The first-order valence-electron chi connectivity index (χ1n) is 31.0. The lowest BCUT2D eigenvalue weighted by molar-refractivity contribution is -0.0803. The highest BCUT2D eigenvalue weighted by Gasteiger charge is 2.28. The maximum Gasteiger partial charge on any atom is 0.409 e.